The number of rotatable bonds is 7. The monoisotopic (exact) mass is 486 g/mol. The summed E-state index contributed by atoms with van der Waals surface area (Å²) in [6.45, 7) is 5.54. The maximum atomic E-state index is 13.2. The Morgan fingerprint density at radius 1 is 1.12 bits per heavy atom. The average molecular weight is 487 g/mol. The predicted molar refractivity (Wildman–Crippen MR) is 130 cm³/mol. The van der Waals surface area contributed by atoms with Crippen molar-refractivity contribution >= 4 is 33.0 Å². The summed E-state index contributed by atoms with van der Waals surface area (Å²) in [5.41, 5.74) is 3.23. The molecule has 2 aromatic carbocycles. The Labute approximate surface area is 198 Å². The number of nitrogens with zero attached hydrogens (tertiary/aromatic N) is 1. The average Bonchev–Trinajstić information content (AvgIpc) is 3.31. The normalized spacial score (nSPS) is 14.7. The lowest BCUT2D eigenvalue weighted by molar-refractivity contribution is 0.0730. The fourth-order valence-corrected chi connectivity index (χ4v) is 5.86. The number of anilines is 1. The van der Waals surface area contributed by atoms with E-state index in [2.05, 4.69) is 5.32 Å². The molecule has 0 atom stereocenters. The fourth-order valence-electron chi connectivity index (χ4n) is 3.61. The van der Waals surface area contributed by atoms with Crippen LogP contribution in [-0.4, -0.2) is 51.5 Å². The molecule has 1 saturated heterocycles. The minimum atomic E-state index is -3.71. The van der Waals surface area contributed by atoms with E-state index in [1.54, 1.807) is 6.07 Å². The SMILES string of the molecule is CCOc1ccc(S(=O)(=O)N2CCOCC2)cc1NC(=O)c1sccc1-c1ccc(C)cc1. The van der Waals surface area contributed by atoms with Crippen molar-refractivity contribution in [2.75, 3.05) is 38.2 Å². The van der Waals surface area contributed by atoms with E-state index in [9.17, 15) is 13.2 Å². The van der Waals surface area contributed by atoms with Gasteiger partial charge in [0, 0.05) is 18.7 Å². The van der Waals surface area contributed by atoms with Crippen molar-refractivity contribution in [2.45, 2.75) is 18.7 Å². The number of morpholine rings is 1. The molecule has 0 radical (unpaired) electrons. The molecule has 2 heterocycles. The number of amides is 1. The van der Waals surface area contributed by atoms with Crippen LogP contribution >= 0.6 is 11.3 Å². The number of carbonyl (C=O) groups excluding carboxylic acids is 1. The molecule has 0 saturated carbocycles. The third kappa shape index (κ3) is 5.11. The van der Waals surface area contributed by atoms with Gasteiger partial charge in [0.05, 0.1) is 35.3 Å². The van der Waals surface area contributed by atoms with Crippen molar-refractivity contribution in [3.05, 3.63) is 64.4 Å². The first-order valence-electron chi connectivity index (χ1n) is 10.7. The first-order valence-corrected chi connectivity index (χ1v) is 13.0. The second-order valence-corrected chi connectivity index (χ2v) is 10.4. The van der Waals surface area contributed by atoms with Crippen LogP contribution in [0.15, 0.2) is 58.8 Å². The third-order valence-corrected chi connectivity index (χ3v) is 8.15. The van der Waals surface area contributed by atoms with E-state index in [-0.39, 0.29) is 10.8 Å². The minimum absolute atomic E-state index is 0.105. The molecule has 1 aliphatic heterocycles. The number of aryl methyl sites for hydroxylation is 1. The molecule has 174 valence electrons. The number of hydrogen-bond donors (Lipinski definition) is 1. The minimum Gasteiger partial charge on any atom is -0.492 e. The largest absolute Gasteiger partial charge is 0.492 e. The smallest absolute Gasteiger partial charge is 0.266 e. The van der Waals surface area contributed by atoms with Gasteiger partial charge in [-0.1, -0.05) is 29.8 Å². The van der Waals surface area contributed by atoms with Crippen LogP contribution in [0.2, 0.25) is 0 Å². The molecule has 3 aromatic rings. The van der Waals surface area contributed by atoms with Crippen molar-refractivity contribution in [1.29, 1.82) is 0 Å². The van der Waals surface area contributed by atoms with Gasteiger partial charge in [0.1, 0.15) is 5.75 Å². The van der Waals surface area contributed by atoms with E-state index < -0.39 is 10.0 Å². The second kappa shape index (κ2) is 10.0. The van der Waals surface area contributed by atoms with E-state index >= 15 is 0 Å². The standard InChI is InChI=1S/C24H26N2O5S2/c1-3-31-22-9-8-19(33(28,29)26-11-13-30-14-12-26)16-21(22)25-24(27)23-20(10-15-32-23)18-6-4-17(2)5-7-18/h4-10,15-16H,3,11-14H2,1-2H3,(H,25,27). The summed E-state index contributed by atoms with van der Waals surface area (Å²) in [7, 11) is -3.71. The summed E-state index contributed by atoms with van der Waals surface area (Å²) in [5, 5.41) is 4.74. The number of carbonyl (C=O) groups is 1. The molecule has 1 aliphatic rings. The number of sulfonamides is 1. The van der Waals surface area contributed by atoms with E-state index in [0.717, 1.165) is 16.7 Å². The molecule has 9 heteroatoms. The highest BCUT2D eigenvalue weighted by Crippen LogP contribution is 2.33. The molecule has 0 aliphatic carbocycles. The van der Waals surface area contributed by atoms with Gasteiger partial charge in [-0.3, -0.25) is 4.79 Å². The second-order valence-electron chi connectivity index (χ2n) is 7.59. The lowest BCUT2D eigenvalue weighted by Crippen LogP contribution is -2.40. The summed E-state index contributed by atoms with van der Waals surface area (Å²) < 4.78 is 38.5. The van der Waals surface area contributed by atoms with Crippen LogP contribution in [0.25, 0.3) is 11.1 Å². The zero-order chi connectivity index (χ0) is 23.4. The van der Waals surface area contributed by atoms with Gasteiger partial charge in [0.25, 0.3) is 5.91 Å². The molecule has 1 amide bonds. The zero-order valence-electron chi connectivity index (χ0n) is 18.5. The molecule has 1 N–H and O–H groups in total. The Balaban J connectivity index is 1.65. The fraction of sp³-hybridized carbons (Fsp3) is 0.292. The summed E-state index contributed by atoms with van der Waals surface area (Å²) in [5.74, 6) is 0.0997. The van der Waals surface area contributed by atoms with Crippen molar-refractivity contribution in [2.24, 2.45) is 0 Å². The molecule has 1 fully saturated rings. The maximum absolute atomic E-state index is 13.2. The predicted octanol–water partition coefficient (Wildman–Crippen LogP) is 4.40. The summed E-state index contributed by atoms with van der Waals surface area (Å²) in [4.78, 5) is 13.9. The maximum Gasteiger partial charge on any atom is 0.266 e. The molecule has 33 heavy (non-hydrogen) atoms. The highest BCUT2D eigenvalue weighted by Gasteiger charge is 2.27. The molecule has 0 spiro atoms. The van der Waals surface area contributed by atoms with Gasteiger partial charge >= 0.3 is 0 Å². The van der Waals surface area contributed by atoms with Crippen LogP contribution in [-0.2, 0) is 14.8 Å². The van der Waals surface area contributed by atoms with Crippen LogP contribution in [0, 0.1) is 6.92 Å². The number of benzene rings is 2. The number of thiophene rings is 1. The number of hydrogen-bond acceptors (Lipinski definition) is 6. The van der Waals surface area contributed by atoms with Crippen LogP contribution in [0.3, 0.4) is 0 Å². The van der Waals surface area contributed by atoms with Crippen molar-refractivity contribution in [3.63, 3.8) is 0 Å². The van der Waals surface area contributed by atoms with E-state index in [4.69, 9.17) is 9.47 Å². The first-order chi connectivity index (χ1) is 15.9. The summed E-state index contributed by atoms with van der Waals surface area (Å²) >= 11 is 1.33. The van der Waals surface area contributed by atoms with Crippen LogP contribution < -0.4 is 10.1 Å². The molecule has 0 bridgehead atoms. The molecule has 1 aromatic heterocycles. The Bertz CT molecular complexity index is 1230. The van der Waals surface area contributed by atoms with Crippen LogP contribution in [0.5, 0.6) is 5.75 Å². The van der Waals surface area contributed by atoms with E-state index in [0.29, 0.717) is 49.2 Å². The lowest BCUT2D eigenvalue weighted by Gasteiger charge is -2.26. The van der Waals surface area contributed by atoms with Gasteiger partial charge in [-0.05, 0) is 49.1 Å². The topological polar surface area (TPSA) is 84.9 Å². The van der Waals surface area contributed by atoms with Crippen molar-refractivity contribution in [3.8, 4) is 16.9 Å². The molecular formula is C24H26N2O5S2. The van der Waals surface area contributed by atoms with Crippen LogP contribution in [0.4, 0.5) is 5.69 Å². The van der Waals surface area contributed by atoms with Crippen molar-refractivity contribution in [1.82, 2.24) is 4.31 Å². The Morgan fingerprint density at radius 2 is 1.85 bits per heavy atom. The van der Waals surface area contributed by atoms with Gasteiger partial charge < -0.3 is 14.8 Å². The van der Waals surface area contributed by atoms with Gasteiger partial charge in [0.2, 0.25) is 10.0 Å². The Hall–Kier alpha value is -2.72. The van der Waals surface area contributed by atoms with Crippen molar-refractivity contribution < 1.29 is 22.7 Å². The molecular weight excluding hydrogens is 460 g/mol. The highest BCUT2D eigenvalue weighted by molar-refractivity contribution is 7.89. The van der Waals surface area contributed by atoms with Gasteiger partial charge in [-0.15, -0.1) is 11.3 Å². The van der Waals surface area contributed by atoms with E-state index in [1.165, 1.54) is 27.8 Å². The number of nitrogens with one attached hydrogen (secondary N) is 1. The van der Waals surface area contributed by atoms with E-state index in [1.807, 2.05) is 49.6 Å². The third-order valence-electron chi connectivity index (χ3n) is 5.34. The Morgan fingerprint density at radius 3 is 2.55 bits per heavy atom. The first kappa shape index (κ1) is 23.4. The summed E-state index contributed by atoms with van der Waals surface area (Å²) in [6, 6.07) is 14.4. The summed E-state index contributed by atoms with van der Waals surface area (Å²) in [6.07, 6.45) is 0. The van der Waals surface area contributed by atoms with Gasteiger partial charge in [-0.25, -0.2) is 8.42 Å². The number of ether oxygens (including phenoxy) is 2. The zero-order valence-corrected chi connectivity index (χ0v) is 20.2. The lowest BCUT2D eigenvalue weighted by atomic mass is 10.0. The Kier molecular flexibility index (Phi) is 7.14. The van der Waals surface area contributed by atoms with Gasteiger partial charge in [-0.2, -0.15) is 4.31 Å². The highest BCUT2D eigenvalue weighted by atomic mass is 32.2. The van der Waals surface area contributed by atoms with Crippen LogP contribution in [0.1, 0.15) is 22.2 Å². The molecule has 4 rings (SSSR count). The quantitative estimate of drug-likeness (QED) is 0.535. The van der Waals surface area contributed by atoms with Gasteiger partial charge in [0.15, 0.2) is 0 Å². The molecule has 0 unspecified atom stereocenters. The molecule has 7 nitrogen and oxygen atoms in total.